The summed E-state index contributed by atoms with van der Waals surface area (Å²) in [6.45, 7) is 4.22. The first-order valence-corrected chi connectivity index (χ1v) is 9.30. The molecule has 0 amide bonds. The lowest BCUT2D eigenvalue weighted by atomic mass is 10.1. The number of methoxy groups -OCH3 is 1. The van der Waals surface area contributed by atoms with Crippen LogP contribution >= 0.6 is 24.0 Å². The summed E-state index contributed by atoms with van der Waals surface area (Å²) in [5.41, 5.74) is 2.36. The van der Waals surface area contributed by atoms with Gasteiger partial charge in [0, 0.05) is 19.7 Å². The van der Waals surface area contributed by atoms with Crippen molar-refractivity contribution in [3.05, 3.63) is 47.5 Å². The zero-order chi connectivity index (χ0) is 19.8. The van der Waals surface area contributed by atoms with E-state index in [1.165, 1.54) is 5.56 Å². The smallest absolute Gasteiger partial charge is 0.231 e. The molecule has 2 aromatic carbocycles. The number of aryl methyl sites for hydroxylation is 1. The minimum absolute atomic E-state index is 0. The van der Waals surface area contributed by atoms with E-state index in [1.54, 1.807) is 14.2 Å². The lowest BCUT2D eigenvalue weighted by Crippen LogP contribution is -2.40. The monoisotopic (exact) mass is 513 g/mol. The largest absolute Gasteiger partial charge is 0.496 e. The van der Waals surface area contributed by atoms with Crippen LogP contribution in [0.25, 0.3) is 0 Å². The fourth-order valence-corrected chi connectivity index (χ4v) is 2.87. The Balaban J connectivity index is 0.00000300. The van der Waals surface area contributed by atoms with Crippen molar-refractivity contribution in [1.82, 2.24) is 10.6 Å². The standard InChI is InChI=1S/C21H27N3O4.HI/c1-15-4-5-16(12-19(15)25-3)8-9-23-21(22-2)24-10-11-26-17-6-7-18-20(13-17)28-14-27-18;/h4-7,12-13H,8-11,14H2,1-3H3,(H2,22,23,24);1H. The van der Waals surface area contributed by atoms with Gasteiger partial charge >= 0.3 is 0 Å². The second-order valence-corrected chi connectivity index (χ2v) is 6.34. The molecule has 0 spiro atoms. The topological polar surface area (TPSA) is 73.3 Å². The Hall–Kier alpha value is -2.36. The molecule has 0 bridgehead atoms. The third-order valence-electron chi connectivity index (χ3n) is 4.41. The van der Waals surface area contributed by atoms with Crippen molar-refractivity contribution in [3.63, 3.8) is 0 Å². The molecule has 2 N–H and O–H groups in total. The molecule has 0 saturated carbocycles. The molecule has 7 nitrogen and oxygen atoms in total. The highest BCUT2D eigenvalue weighted by Gasteiger charge is 2.13. The third-order valence-corrected chi connectivity index (χ3v) is 4.41. The van der Waals surface area contributed by atoms with Crippen LogP contribution in [0.4, 0.5) is 0 Å². The number of benzene rings is 2. The number of rotatable bonds is 8. The van der Waals surface area contributed by atoms with Gasteiger partial charge in [-0.25, -0.2) is 0 Å². The number of nitrogens with zero attached hydrogens (tertiary/aromatic N) is 1. The van der Waals surface area contributed by atoms with Crippen molar-refractivity contribution in [2.75, 3.05) is 40.6 Å². The molecule has 29 heavy (non-hydrogen) atoms. The van der Waals surface area contributed by atoms with Gasteiger partial charge in [-0.3, -0.25) is 4.99 Å². The Bertz CT molecular complexity index is 830. The molecule has 1 heterocycles. The summed E-state index contributed by atoms with van der Waals surface area (Å²) in [4.78, 5) is 4.24. The van der Waals surface area contributed by atoms with Crippen LogP contribution in [0, 0.1) is 6.92 Å². The molecule has 8 heteroatoms. The first-order valence-electron chi connectivity index (χ1n) is 9.30. The summed E-state index contributed by atoms with van der Waals surface area (Å²) in [6.07, 6.45) is 0.880. The van der Waals surface area contributed by atoms with Gasteiger partial charge in [0.25, 0.3) is 0 Å². The first-order chi connectivity index (χ1) is 13.7. The van der Waals surface area contributed by atoms with E-state index < -0.39 is 0 Å². The van der Waals surface area contributed by atoms with Crippen LogP contribution in [-0.2, 0) is 6.42 Å². The van der Waals surface area contributed by atoms with Crippen molar-refractivity contribution < 1.29 is 18.9 Å². The van der Waals surface area contributed by atoms with Crippen LogP contribution < -0.4 is 29.6 Å². The second kappa shape index (κ2) is 11.6. The number of hydrogen-bond donors (Lipinski definition) is 2. The zero-order valence-corrected chi connectivity index (χ0v) is 19.3. The summed E-state index contributed by atoms with van der Waals surface area (Å²) < 4.78 is 21.8. The van der Waals surface area contributed by atoms with E-state index in [-0.39, 0.29) is 30.8 Å². The average Bonchev–Trinajstić information content (AvgIpc) is 3.18. The van der Waals surface area contributed by atoms with E-state index in [0.717, 1.165) is 47.5 Å². The Morgan fingerprint density at radius 2 is 1.86 bits per heavy atom. The van der Waals surface area contributed by atoms with E-state index in [0.29, 0.717) is 13.2 Å². The van der Waals surface area contributed by atoms with Gasteiger partial charge < -0.3 is 29.6 Å². The maximum atomic E-state index is 5.74. The lowest BCUT2D eigenvalue weighted by Gasteiger charge is -2.13. The fraction of sp³-hybridized carbons (Fsp3) is 0.381. The lowest BCUT2D eigenvalue weighted by molar-refractivity contribution is 0.173. The maximum absolute atomic E-state index is 5.74. The Labute approximate surface area is 188 Å². The van der Waals surface area contributed by atoms with Crippen LogP contribution in [0.1, 0.15) is 11.1 Å². The highest BCUT2D eigenvalue weighted by molar-refractivity contribution is 14.0. The quantitative estimate of drug-likeness (QED) is 0.245. The Kier molecular flexibility index (Phi) is 9.17. The molecule has 0 radical (unpaired) electrons. The predicted octanol–water partition coefficient (Wildman–Crippen LogP) is 3.14. The number of ether oxygens (including phenoxy) is 4. The van der Waals surface area contributed by atoms with Crippen molar-refractivity contribution in [2.45, 2.75) is 13.3 Å². The van der Waals surface area contributed by atoms with Gasteiger partial charge in [-0.2, -0.15) is 0 Å². The number of hydrogen-bond acceptors (Lipinski definition) is 5. The third kappa shape index (κ3) is 6.59. The average molecular weight is 513 g/mol. The molecule has 0 unspecified atom stereocenters. The van der Waals surface area contributed by atoms with E-state index in [2.05, 4.69) is 33.8 Å². The van der Waals surface area contributed by atoms with E-state index in [1.807, 2.05) is 25.1 Å². The van der Waals surface area contributed by atoms with E-state index >= 15 is 0 Å². The van der Waals surface area contributed by atoms with Crippen LogP contribution in [0.15, 0.2) is 41.4 Å². The number of halogens is 1. The van der Waals surface area contributed by atoms with Crippen molar-refractivity contribution >= 4 is 29.9 Å². The van der Waals surface area contributed by atoms with E-state index in [9.17, 15) is 0 Å². The molecular formula is C21H28IN3O4. The van der Waals surface area contributed by atoms with E-state index in [4.69, 9.17) is 18.9 Å². The van der Waals surface area contributed by atoms with Gasteiger partial charge in [-0.1, -0.05) is 12.1 Å². The molecule has 0 fully saturated rings. The van der Waals surface area contributed by atoms with Crippen molar-refractivity contribution in [3.8, 4) is 23.0 Å². The number of nitrogens with one attached hydrogen (secondary N) is 2. The SMILES string of the molecule is CN=C(NCCOc1ccc2c(c1)OCO2)NCCc1ccc(C)c(OC)c1.I. The molecule has 1 aliphatic heterocycles. The highest BCUT2D eigenvalue weighted by atomic mass is 127. The first kappa shape index (κ1) is 22.9. The maximum Gasteiger partial charge on any atom is 0.231 e. The molecule has 1 aliphatic rings. The molecule has 0 saturated heterocycles. The summed E-state index contributed by atoms with van der Waals surface area (Å²) in [5, 5.41) is 6.55. The number of fused-ring (bicyclic) bond motifs is 1. The molecular weight excluding hydrogens is 485 g/mol. The minimum Gasteiger partial charge on any atom is -0.496 e. The molecule has 0 atom stereocenters. The van der Waals surface area contributed by atoms with Crippen LogP contribution in [0.5, 0.6) is 23.0 Å². The summed E-state index contributed by atoms with van der Waals surface area (Å²) in [5.74, 6) is 3.88. The number of aliphatic imine (C=N–C) groups is 1. The second-order valence-electron chi connectivity index (χ2n) is 6.34. The highest BCUT2D eigenvalue weighted by Crippen LogP contribution is 2.34. The molecule has 158 valence electrons. The van der Waals surface area contributed by atoms with Crippen molar-refractivity contribution in [1.29, 1.82) is 0 Å². The Morgan fingerprint density at radius 3 is 2.66 bits per heavy atom. The van der Waals surface area contributed by atoms with Gasteiger partial charge in [0.1, 0.15) is 18.1 Å². The zero-order valence-electron chi connectivity index (χ0n) is 17.0. The number of guanidine groups is 1. The minimum atomic E-state index is 0. The van der Waals surface area contributed by atoms with Crippen LogP contribution in [0.2, 0.25) is 0 Å². The van der Waals surface area contributed by atoms with Crippen molar-refractivity contribution in [2.24, 2.45) is 4.99 Å². The van der Waals surface area contributed by atoms with Gasteiger partial charge in [0.2, 0.25) is 6.79 Å². The molecule has 2 aromatic rings. The summed E-state index contributed by atoms with van der Waals surface area (Å²) >= 11 is 0. The fourth-order valence-electron chi connectivity index (χ4n) is 2.87. The summed E-state index contributed by atoms with van der Waals surface area (Å²) in [7, 11) is 3.45. The summed E-state index contributed by atoms with van der Waals surface area (Å²) in [6, 6.07) is 11.8. The van der Waals surface area contributed by atoms with Gasteiger partial charge in [-0.15, -0.1) is 24.0 Å². The van der Waals surface area contributed by atoms with Crippen LogP contribution in [0.3, 0.4) is 0 Å². The Morgan fingerprint density at radius 1 is 1.07 bits per heavy atom. The molecule has 0 aliphatic carbocycles. The molecule has 3 rings (SSSR count). The van der Waals surface area contributed by atoms with Gasteiger partial charge in [0.15, 0.2) is 17.5 Å². The predicted molar refractivity (Wildman–Crippen MR) is 124 cm³/mol. The van der Waals surface area contributed by atoms with Crippen LogP contribution in [-0.4, -0.2) is 46.6 Å². The van der Waals surface area contributed by atoms with Gasteiger partial charge in [-0.05, 0) is 42.7 Å². The molecule has 0 aromatic heterocycles. The normalized spacial score (nSPS) is 12.2. The van der Waals surface area contributed by atoms with Gasteiger partial charge in [0.05, 0.1) is 13.7 Å².